The maximum Gasteiger partial charge on any atom is 0.407 e. The molecule has 264 valence electrons. The maximum absolute atomic E-state index is 13.1. The summed E-state index contributed by atoms with van der Waals surface area (Å²) < 4.78 is 40.2. The van der Waals surface area contributed by atoms with Crippen molar-refractivity contribution in [1.82, 2.24) is 5.32 Å². The standard InChI is InChI=1S/C37H40N2O11/c1-22-23(2)35(48-24(3)42)36(50-33(22)19-46-21-41)49-32-13-12-25(17-45-20-40)16-31(32)39-34(43)14-15-38-37(44)47-18-30-28-10-6-4-8-26(28)27-9-5-7-11-29(27)30/h4-13,16,20-23,30,33,35-36H,14-15,17-19H2,1-3H3,(H,38,44)(H,39,43)/t22-,23-,33+,35+,36?/m0/s1/i20D. The zero-order valence-electron chi connectivity index (χ0n) is 28.9. The summed E-state index contributed by atoms with van der Waals surface area (Å²) in [7, 11) is 0. The molecule has 1 heterocycles. The predicted octanol–water partition coefficient (Wildman–Crippen LogP) is 4.71. The molecule has 2 aliphatic rings. The molecule has 2 N–H and O–H groups in total. The highest BCUT2D eigenvalue weighted by Gasteiger charge is 2.45. The van der Waals surface area contributed by atoms with Gasteiger partial charge in [0.25, 0.3) is 12.9 Å². The number of benzene rings is 3. The van der Waals surface area contributed by atoms with Gasteiger partial charge in [0.05, 0.1) is 11.8 Å². The van der Waals surface area contributed by atoms with E-state index in [1.807, 2.05) is 62.4 Å². The van der Waals surface area contributed by atoms with E-state index in [4.69, 9.17) is 29.8 Å². The van der Waals surface area contributed by atoms with Crippen molar-refractivity contribution in [2.24, 2.45) is 11.8 Å². The number of rotatable bonds is 14. The molecule has 0 bridgehead atoms. The van der Waals surface area contributed by atoms with E-state index < -0.39 is 42.9 Å². The van der Waals surface area contributed by atoms with Gasteiger partial charge in [0.15, 0.2) is 7.47 Å². The summed E-state index contributed by atoms with van der Waals surface area (Å²) in [5, 5.41) is 5.36. The van der Waals surface area contributed by atoms with Crippen molar-refractivity contribution in [2.45, 2.75) is 58.2 Å². The average molecular weight is 690 g/mol. The molecule has 1 unspecified atom stereocenters. The molecule has 50 heavy (non-hydrogen) atoms. The van der Waals surface area contributed by atoms with E-state index >= 15 is 0 Å². The quantitative estimate of drug-likeness (QED) is 0.137. The van der Waals surface area contributed by atoms with Gasteiger partial charge in [-0.25, -0.2) is 4.79 Å². The molecule has 0 spiro atoms. The SMILES string of the molecule is [2H]C(=O)OCc1ccc(OC2O[C@H](COC=O)[C@@H](C)[C@H](C)[C@H]2OC(C)=O)c(NC(=O)CCNC(=O)OCC2c3ccccc3-c3ccccc32)c1. The lowest BCUT2D eigenvalue weighted by Gasteiger charge is -2.43. The first-order chi connectivity index (χ1) is 24.5. The smallest absolute Gasteiger partial charge is 0.407 e. The Balaban J connectivity index is 1.22. The van der Waals surface area contributed by atoms with Crippen LogP contribution in [0, 0.1) is 11.8 Å². The molecule has 5 atom stereocenters. The normalized spacial score (nSPS) is 21.0. The number of anilines is 1. The minimum absolute atomic E-state index is 0.0388. The topological polar surface area (TPSA) is 165 Å². The Labute approximate surface area is 290 Å². The van der Waals surface area contributed by atoms with Crippen molar-refractivity contribution in [3.8, 4) is 16.9 Å². The van der Waals surface area contributed by atoms with Crippen LogP contribution in [0.1, 0.15) is 51.2 Å². The van der Waals surface area contributed by atoms with Crippen molar-refractivity contribution in [3.63, 3.8) is 0 Å². The van der Waals surface area contributed by atoms with Gasteiger partial charge in [-0.2, -0.15) is 0 Å². The number of hydrogen-bond acceptors (Lipinski definition) is 11. The van der Waals surface area contributed by atoms with Gasteiger partial charge < -0.3 is 39.1 Å². The summed E-state index contributed by atoms with van der Waals surface area (Å²) in [6.07, 6.45) is -4.62. The van der Waals surface area contributed by atoms with Crippen molar-refractivity contribution in [1.29, 1.82) is 0 Å². The first-order valence-corrected chi connectivity index (χ1v) is 16.2. The van der Waals surface area contributed by atoms with Crippen molar-refractivity contribution >= 4 is 36.6 Å². The van der Waals surface area contributed by atoms with E-state index in [1.54, 1.807) is 6.07 Å². The third kappa shape index (κ3) is 8.58. The lowest BCUT2D eigenvalue weighted by molar-refractivity contribution is -0.252. The minimum Gasteiger partial charge on any atom is -0.465 e. The Morgan fingerprint density at radius 1 is 0.920 bits per heavy atom. The molecule has 3 aromatic carbocycles. The summed E-state index contributed by atoms with van der Waals surface area (Å²) in [5.41, 5.74) is 4.98. The zero-order valence-corrected chi connectivity index (χ0v) is 27.9. The van der Waals surface area contributed by atoms with Gasteiger partial charge in [0.1, 0.15) is 25.6 Å². The number of nitrogens with one attached hydrogen (secondary N) is 2. The van der Waals surface area contributed by atoms with Crippen LogP contribution in [-0.4, -0.2) is 69.1 Å². The highest BCUT2D eigenvalue weighted by Crippen LogP contribution is 2.44. The summed E-state index contributed by atoms with van der Waals surface area (Å²) in [6.45, 7) is 5.09. The minimum atomic E-state index is -1.23. The van der Waals surface area contributed by atoms with E-state index in [0.29, 0.717) is 12.0 Å². The number of esters is 1. The van der Waals surface area contributed by atoms with Gasteiger partial charge in [-0.1, -0.05) is 68.4 Å². The molecular weight excluding hydrogens is 648 g/mol. The van der Waals surface area contributed by atoms with Crippen LogP contribution in [0.15, 0.2) is 66.7 Å². The van der Waals surface area contributed by atoms with Gasteiger partial charge >= 0.3 is 12.1 Å². The van der Waals surface area contributed by atoms with Crippen LogP contribution in [0.3, 0.4) is 0 Å². The number of ether oxygens (including phenoxy) is 6. The largest absolute Gasteiger partial charge is 0.465 e. The second-order valence-corrected chi connectivity index (χ2v) is 12.1. The summed E-state index contributed by atoms with van der Waals surface area (Å²) in [6, 6.07) is 20.6. The maximum atomic E-state index is 13.1. The summed E-state index contributed by atoms with van der Waals surface area (Å²) in [5.74, 6) is -1.48. The molecule has 5 rings (SSSR count). The number of fused-ring (bicyclic) bond motifs is 3. The van der Waals surface area contributed by atoms with Crippen LogP contribution in [0.4, 0.5) is 10.5 Å². The van der Waals surface area contributed by atoms with Crippen LogP contribution >= 0.6 is 0 Å². The van der Waals surface area contributed by atoms with E-state index in [2.05, 4.69) is 10.6 Å². The second-order valence-electron chi connectivity index (χ2n) is 12.1. The lowest BCUT2D eigenvalue weighted by atomic mass is 9.83. The fourth-order valence-corrected chi connectivity index (χ4v) is 6.28. The number of alkyl carbamates (subject to hydrolysis) is 1. The lowest BCUT2D eigenvalue weighted by Crippen LogP contribution is -2.54. The molecule has 0 aromatic heterocycles. The molecule has 0 saturated carbocycles. The Hall–Kier alpha value is -5.43. The van der Waals surface area contributed by atoms with Crippen molar-refractivity contribution < 1.29 is 53.8 Å². The van der Waals surface area contributed by atoms with Crippen LogP contribution in [-0.2, 0) is 49.5 Å². The monoisotopic (exact) mass is 689 g/mol. The zero-order chi connectivity index (χ0) is 36.5. The first-order valence-electron chi connectivity index (χ1n) is 16.7. The van der Waals surface area contributed by atoms with Crippen molar-refractivity contribution in [3.05, 3.63) is 83.4 Å². The number of carbonyl (C=O) groups excluding carboxylic acids is 5. The molecule has 1 fully saturated rings. The average Bonchev–Trinajstić information content (AvgIpc) is 3.43. The Morgan fingerprint density at radius 3 is 2.28 bits per heavy atom. The van der Waals surface area contributed by atoms with E-state index in [0.717, 1.165) is 22.3 Å². The van der Waals surface area contributed by atoms with Crippen LogP contribution in [0.5, 0.6) is 5.75 Å². The van der Waals surface area contributed by atoms with Crippen LogP contribution < -0.4 is 15.4 Å². The molecule has 0 radical (unpaired) electrons. The van der Waals surface area contributed by atoms with Crippen LogP contribution in [0.2, 0.25) is 0 Å². The molecule has 3 aromatic rings. The van der Waals surface area contributed by atoms with Gasteiger partial charge in [0.2, 0.25) is 12.2 Å². The molecular formula is C37H40N2O11. The van der Waals surface area contributed by atoms with Gasteiger partial charge in [-0.3, -0.25) is 19.2 Å². The Morgan fingerprint density at radius 2 is 1.62 bits per heavy atom. The Bertz CT molecular complexity index is 1710. The molecule has 1 saturated heterocycles. The Kier molecular flexibility index (Phi) is 11.6. The van der Waals surface area contributed by atoms with E-state index in [-0.39, 0.29) is 62.0 Å². The third-order valence-corrected chi connectivity index (χ3v) is 8.97. The third-order valence-electron chi connectivity index (χ3n) is 8.97. The molecule has 1 aliphatic heterocycles. The molecule has 13 nitrogen and oxygen atoms in total. The van der Waals surface area contributed by atoms with E-state index in [1.165, 1.54) is 19.1 Å². The highest BCUT2D eigenvalue weighted by atomic mass is 16.7. The predicted molar refractivity (Wildman–Crippen MR) is 179 cm³/mol. The number of carbonyl (C=O) groups is 5. The number of amides is 2. The molecule has 1 aliphatic carbocycles. The van der Waals surface area contributed by atoms with Crippen molar-refractivity contribution in [2.75, 3.05) is 25.1 Å². The number of hydrogen-bond donors (Lipinski definition) is 2. The fourth-order valence-electron chi connectivity index (χ4n) is 6.28. The summed E-state index contributed by atoms with van der Waals surface area (Å²) in [4.78, 5) is 59.7. The van der Waals surface area contributed by atoms with Gasteiger partial charge in [-0.15, -0.1) is 0 Å². The van der Waals surface area contributed by atoms with Crippen LogP contribution in [0.25, 0.3) is 11.1 Å². The fraction of sp³-hybridized carbons (Fsp3) is 0.378. The van der Waals surface area contributed by atoms with E-state index in [9.17, 15) is 24.0 Å². The highest BCUT2D eigenvalue weighted by molar-refractivity contribution is 5.92. The summed E-state index contributed by atoms with van der Waals surface area (Å²) >= 11 is 0. The molecule has 2 amide bonds. The molecule has 13 heteroatoms. The van der Waals surface area contributed by atoms with Gasteiger partial charge in [-0.05, 0) is 45.9 Å². The second kappa shape index (κ2) is 16.8. The van der Waals surface area contributed by atoms with Gasteiger partial charge in [0, 0.05) is 31.7 Å². The first kappa shape index (κ1) is 34.4.